The predicted molar refractivity (Wildman–Crippen MR) is 50.9 cm³/mol. The van der Waals surface area contributed by atoms with Gasteiger partial charge in [-0.3, -0.25) is 0 Å². The standard InChI is InChI=1S/C9H8N4O2/c1-6-2-7(9(14)15)3-11-8(6)13-5-10-4-12-13/h2-5H,1H3,(H,14,15). The van der Waals surface area contributed by atoms with Crippen LogP contribution in [-0.2, 0) is 0 Å². The maximum atomic E-state index is 10.7. The van der Waals surface area contributed by atoms with Crippen molar-refractivity contribution in [1.29, 1.82) is 0 Å². The predicted octanol–water partition coefficient (Wildman–Crippen LogP) is 0.669. The van der Waals surface area contributed by atoms with E-state index in [0.717, 1.165) is 5.56 Å². The van der Waals surface area contributed by atoms with Gasteiger partial charge in [0.05, 0.1) is 5.56 Å². The van der Waals surface area contributed by atoms with E-state index in [2.05, 4.69) is 15.1 Å². The Morgan fingerprint density at radius 3 is 2.87 bits per heavy atom. The summed E-state index contributed by atoms with van der Waals surface area (Å²) < 4.78 is 1.49. The van der Waals surface area contributed by atoms with E-state index in [9.17, 15) is 4.79 Å². The summed E-state index contributed by atoms with van der Waals surface area (Å²) in [5.41, 5.74) is 0.900. The minimum atomic E-state index is -0.990. The first-order valence-electron chi connectivity index (χ1n) is 4.23. The monoisotopic (exact) mass is 204 g/mol. The summed E-state index contributed by atoms with van der Waals surface area (Å²) in [6.45, 7) is 1.77. The Morgan fingerprint density at radius 1 is 1.53 bits per heavy atom. The van der Waals surface area contributed by atoms with Crippen LogP contribution in [0.2, 0.25) is 0 Å². The summed E-state index contributed by atoms with van der Waals surface area (Å²) in [7, 11) is 0. The van der Waals surface area contributed by atoms with Gasteiger partial charge in [-0.15, -0.1) is 0 Å². The number of hydrogen-bond acceptors (Lipinski definition) is 4. The third kappa shape index (κ3) is 1.69. The zero-order valence-corrected chi connectivity index (χ0v) is 7.95. The SMILES string of the molecule is Cc1cc(C(=O)O)cnc1-n1cncn1. The molecule has 0 aliphatic carbocycles. The molecule has 0 atom stereocenters. The number of pyridine rings is 1. The molecule has 15 heavy (non-hydrogen) atoms. The zero-order chi connectivity index (χ0) is 10.8. The van der Waals surface area contributed by atoms with Crippen molar-refractivity contribution in [2.24, 2.45) is 0 Å². The highest BCUT2D eigenvalue weighted by molar-refractivity contribution is 5.87. The molecule has 6 nitrogen and oxygen atoms in total. The van der Waals surface area contributed by atoms with Crippen molar-refractivity contribution in [2.45, 2.75) is 6.92 Å². The van der Waals surface area contributed by atoms with Crippen molar-refractivity contribution in [2.75, 3.05) is 0 Å². The molecule has 2 aromatic heterocycles. The van der Waals surface area contributed by atoms with Gasteiger partial charge in [-0.1, -0.05) is 0 Å². The van der Waals surface area contributed by atoms with Gasteiger partial charge < -0.3 is 5.11 Å². The zero-order valence-electron chi connectivity index (χ0n) is 7.95. The first-order chi connectivity index (χ1) is 7.18. The Kier molecular flexibility index (Phi) is 2.17. The number of aromatic nitrogens is 4. The number of hydrogen-bond donors (Lipinski definition) is 1. The highest BCUT2D eigenvalue weighted by Gasteiger charge is 2.08. The van der Waals surface area contributed by atoms with Gasteiger partial charge in [0.2, 0.25) is 0 Å². The number of nitrogens with zero attached hydrogens (tertiary/aromatic N) is 4. The molecule has 6 heteroatoms. The Bertz CT molecular complexity index is 493. The maximum absolute atomic E-state index is 10.7. The van der Waals surface area contributed by atoms with Crippen molar-refractivity contribution in [1.82, 2.24) is 19.7 Å². The van der Waals surface area contributed by atoms with Crippen molar-refractivity contribution in [3.8, 4) is 5.82 Å². The molecule has 0 bridgehead atoms. The first kappa shape index (κ1) is 9.32. The van der Waals surface area contributed by atoms with Crippen LogP contribution in [0, 0.1) is 6.92 Å². The second kappa shape index (κ2) is 3.49. The molecule has 0 aliphatic heterocycles. The molecule has 0 aromatic carbocycles. The third-order valence-electron chi connectivity index (χ3n) is 1.93. The normalized spacial score (nSPS) is 10.2. The number of aromatic carboxylic acids is 1. The number of aryl methyl sites for hydroxylation is 1. The lowest BCUT2D eigenvalue weighted by Gasteiger charge is -2.04. The van der Waals surface area contributed by atoms with Crippen molar-refractivity contribution in [3.05, 3.63) is 36.0 Å². The van der Waals surface area contributed by atoms with E-state index in [1.54, 1.807) is 13.0 Å². The Labute approximate surface area is 85.2 Å². The van der Waals surface area contributed by atoms with Gasteiger partial charge in [0.25, 0.3) is 0 Å². The molecular weight excluding hydrogens is 196 g/mol. The average Bonchev–Trinajstić information content (AvgIpc) is 2.70. The second-order valence-electron chi connectivity index (χ2n) is 3.01. The Morgan fingerprint density at radius 2 is 2.33 bits per heavy atom. The van der Waals surface area contributed by atoms with Crippen LogP contribution < -0.4 is 0 Å². The van der Waals surface area contributed by atoms with Crippen LogP contribution >= 0.6 is 0 Å². The van der Waals surface area contributed by atoms with Crippen LogP contribution in [0.1, 0.15) is 15.9 Å². The fourth-order valence-electron chi connectivity index (χ4n) is 1.24. The molecule has 2 heterocycles. The first-order valence-corrected chi connectivity index (χ1v) is 4.23. The summed E-state index contributed by atoms with van der Waals surface area (Å²) in [6, 6.07) is 1.55. The van der Waals surface area contributed by atoms with E-state index >= 15 is 0 Å². The van der Waals surface area contributed by atoms with Crippen LogP contribution in [0.5, 0.6) is 0 Å². The summed E-state index contributed by atoms with van der Waals surface area (Å²) in [6.07, 6.45) is 4.20. The molecule has 0 aliphatic rings. The highest BCUT2D eigenvalue weighted by Crippen LogP contribution is 2.10. The topological polar surface area (TPSA) is 80.9 Å². The largest absolute Gasteiger partial charge is 0.478 e. The van der Waals surface area contributed by atoms with Crippen molar-refractivity contribution < 1.29 is 9.90 Å². The average molecular weight is 204 g/mol. The lowest BCUT2D eigenvalue weighted by molar-refractivity contribution is 0.0696. The number of carboxylic acids is 1. The van der Waals surface area contributed by atoms with Crippen molar-refractivity contribution in [3.63, 3.8) is 0 Å². The molecule has 76 valence electrons. The van der Waals surface area contributed by atoms with Crippen LogP contribution in [0.25, 0.3) is 5.82 Å². The minimum Gasteiger partial charge on any atom is -0.478 e. The third-order valence-corrected chi connectivity index (χ3v) is 1.93. The lowest BCUT2D eigenvalue weighted by Crippen LogP contribution is -2.04. The maximum Gasteiger partial charge on any atom is 0.337 e. The smallest absolute Gasteiger partial charge is 0.337 e. The quantitative estimate of drug-likeness (QED) is 0.777. The van der Waals surface area contributed by atoms with Gasteiger partial charge in [-0.2, -0.15) is 5.10 Å². The van der Waals surface area contributed by atoms with Crippen LogP contribution in [0.4, 0.5) is 0 Å². The van der Waals surface area contributed by atoms with Crippen LogP contribution in [0.3, 0.4) is 0 Å². The van der Waals surface area contributed by atoms with Gasteiger partial charge in [-0.25, -0.2) is 19.4 Å². The van der Waals surface area contributed by atoms with E-state index in [0.29, 0.717) is 5.82 Å². The Balaban J connectivity index is 2.48. The molecule has 1 N–H and O–H groups in total. The van der Waals surface area contributed by atoms with E-state index in [1.807, 2.05) is 0 Å². The molecule has 0 spiro atoms. The summed E-state index contributed by atoms with van der Waals surface area (Å²) in [4.78, 5) is 18.5. The summed E-state index contributed by atoms with van der Waals surface area (Å²) in [5.74, 6) is -0.409. The molecule has 2 rings (SSSR count). The molecule has 0 saturated heterocycles. The van der Waals surface area contributed by atoms with Crippen LogP contribution in [0.15, 0.2) is 24.9 Å². The highest BCUT2D eigenvalue weighted by atomic mass is 16.4. The van der Waals surface area contributed by atoms with E-state index in [-0.39, 0.29) is 5.56 Å². The lowest BCUT2D eigenvalue weighted by atomic mass is 10.2. The Hall–Kier alpha value is -2.24. The summed E-state index contributed by atoms with van der Waals surface area (Å²) >= 11 is 0. The minimum absolute atomic E-state index is 0.163. The molecule has 0 amide bonds. The molecule has 0 saturated carbocycles. The second-order valence-corrected chi connectivity index (χ2v) is 3.01. The fourth-order valence-corrected chi connectivity index (χ4v) is 1.24. The van der Waals surface area contributed by atoms with Crippen molar-refractivity contribution >= 4 is 5.97 Å². The number of carboxylic acid groups (broad SMARTS) is 1. The summed E-state index contributed by atoms with van der Waals surface area (Å²) in [5, 5.41) is 12.7. The van der Waals surface area contributed by atoms with E-state index < -0.39 is 5.97 Å². The van der Waals surface area contributed by atoms with Gasteiger partial charge >= 0.3 is 5.97 Å². The van der Waals surface area contributed by atoms with Crippen LogP contribution in [-0.4, -0.2) is 30.8 Å². The molecule has 0 unspecified atom stereocenters. The molecular formula is C9H8N4O2. The van der Waals surface area contributed by atoms with E-state index in [4.69, 9.17) is 5.11 Å². The molecule has 0 radical (unpaired) electrons. The van der Waals surface area contributed by atoms with Gasteiger partial charge in [-0.05, 0) is 18.6 Å². The number of carbonyl (C=O) groups is 1. The fraction of sp³-hybridized carbons (Fsp3) is 0.111. The molecule has 2 aromatic rings. The van der Waals surface area contributed by atoms with E-state index in [1.165, 1.54) is 23.5 Å². The van der Waals surface area contributed by atoms with Gasteiger partial charge in [0.1, 0.15) is 12.7 Å². The van der Waals surface area contributed by atoms with Gasteiger partial charge in [0, 0.05) is 6.20 Å². The molecule has 0 fully saturated rings. The number of rotatable bonds is 2. The van der Waals surface area contributed by atoms with Gasteiger partial charge in [0.15, 0.2) is 5.82 Å².